The molecule has 1 N–H and O–H groups in total. The predicted octanol–water partition coefficient (Wildman–Crippen LogP) is 4.74. The van der Waals surface area contributed by atoms with Crippen LogP contribution in [0.15, 0.2) is 48.5 Å². The maximum atomic E-state index is 3.70. The van der Waals surface area contributed by atoms with E-state index in [-0.39, 0.29) is 0 Å². The monoisotopic (exact) mass is 421 g/mol. The highest BCUT2D eigenvalue weighted by atomic mass is 15.4. The van der Waals surface area contributed by atoms with Crippen LogP contribution in [0.4, 0.5) is 22.7 Å². The second kappa shape index (κ2) is 10.8. The average Bonchev–Trinajstić information content (AvgIpc) is 3.34. The van der Waals surface area contributed by atoms with E-state index in [0.717, 1.165) is 52.6 Å². The van der Waals surface area contributed by atoms with E-state index in [9.17, 15) is 0 Å². The van der Waals surface area contributed by atoms with Crippen molar-refractivity contribution in [2.24, 2.45) is 0 Å². The fourth-order valence-corrected chi connectivity index (χ4v) is 4.73. The molecule has 4 rings (SSSR count). The molecule has 0 spiro atoms. The lowest BCUT2D eigenvalue weighted by Crippen LogP contribution is -2.39. The maximum absolute atomic E-state index is 3.70. The summed E-state index contributed by atoms with van der Waals surface area (Å²) in [6, 6.07) is 17.7. The molecule has 2 aliphatic heterocycles. The van der Waals surface area contributed by atoms with E-state index in [4.69, 9.17) is 0 Å². The second-order valence-corrected chi connectivity index (χ2v) is 8.77. The van der Waals surface area contributed by atoms with Gasteiger partial charge in [-0.1, -0.05) is 51.0 Å². The molecule has 0 unspecified atom stereocenters. The molecule has 2 heterocycles. The number of anilines is 4. The van der Waals surface area contributed by atoms with Crippen molar-refractivity contribution < 1.29 is 0 Å². The number of hydrogen-bond acceptors (Lipinski definition) is 5. The third-order valence-corrected chi connectivity index (χ3v) is 6.49. The Kier molecular flexibility index (Phi) is 7.57. The highest BCUT2D eigenvalue weighted by Gasteiger charge is 2.25. The van der Waals surface area contributed by atoms with Gasteiger partial charge < -0.3 is 24.9 Å². The molecule has 168 valence electrons. The first-order valence-corrected chi connectivity index (χ1v) is 12.2. The van der Waals surface area contributed by atoms with Gasteiger partial charge in [-0.05, 0) is 37.1 Å². The molecular weight excluding hydrogens is 382 g/mol. The first kappa shape index (κ1) is 21.8. The summed E-state index contributed by atoms with van der Waals surface area (Å²) in [5.74, 6) is 0. The van der Waals surface area contributed by atoms with Gasteiger partial charge in [0.15, 0.2) is 0 Å². The molecule has 2 aromatic carbocycles. The van der Waals surface area contributed by atoms with E-state index in [0.29, 0.717) is 0 Å². The van der Waals surface area contributed by atoms with Crippen molar-refractivity contribution in [2.75, 3.05) is 72.2 Å². The van der Waals surface area contributed by atoms with E-state index < -0.39 is 0 Å². The van der Waals surface area contributed by atoms with E-state index in [1.807, 2.05) is 0 Å². The summed E-state index contributed by atoms with van der Waals surface area (Å²) in [4.78, 5) is 10.1. The first-order chi connectivity index (χ1) is 15.3. The quantitative estimate of drug-likeness (QED) is 0.499. The number of para-hydroxylation sites is 4. The van der Waals surface area contributed by atoms with Gasteiger partial charge in [-0.3, -0.25) is 0 Å². The molecule has 2 aliphatic rings. The number of unbranched alkanes of at least 4 members (excludes halogenated alkanes) is 2. The molecule has 0 bridgehead atoms. The highest BCUT2D eigenvalue weighted by Crippen LogP contribution is 2.36. The topological polar surface area (TPSA) is 25.0 Å². The summed E-state index contributed by atoms with van der Waals surface area (Å²) in [6.07, 6.45) is 5.01. The van der Waals surface area contributed by atoms with Gasteiger partial charge in [0, 0.05) is 39.3 Å². The van der Waals surface area contributed by atoms with E-state index in [1.54, 1.807) is 0 Å². The van der Waals surface area contributed by atoms with Gasteiger partial charge in [-0.25, -0.2) is 0 Å². The van der Waals surface area contributed by atoms with Crippen LogP contribution < -0.4 is 24.9 Å². The fourth-order valence-electron chi connectivity index (χ4n) is 4.73. The van der Waals surface area contributed by atoms with Crippen LogP contribution in [-0.2, 0) is 0 Å². The smallest absolute Gasteiger partial charge is 0.0904 e. The Morgan fingerprint density at radius 1 is 0.581 bits per heavy atom. The van der Waals surface area contributed by atoms with Gasteiger partial charge in [0.2, 0.25) is 0 Å². The Bertz CT molecular complexity index is 755. The average molecular weight is 422 g/mol. The molecule has 2 aromatic rings. The van der Waals surface area contributed by atoms with Gasteiger partial charge in [-0.2, -0.15) is 0 Å². The number of fused-ring (bicyclic) bond motifs is 2. The minimum Gasteiger partial charge on any atom is -0.352 e. The normalized spacial score (nSPS) is 15.0. The molecule has 5 heteroatoms. The van der Waals surface area contributed by atoms with Gasteiger partial charge in [0.25, 0.3) is 0 Å². The molecule has 0 amide bonds. The Labute approximate surface area is 188 Å². The number of nitrogens with zero attached hydrogens (tertiary/aromatic N) is 4. The lowest BCUT2D eigenvalue weighted by molar-refractivity contribution is 0.635. The largest absolute Gasteiger partial charge is 0.352 e. The van der Waals surface area contributed by atoms with Crippen LogP contribution in [0.2, 0.25) is 0 Å². The number of rotatable bonds is 12. The maximum Gasteiger partial charge on any atom is 0.0904 e. The summed E-state index contributed by atoms with van der Waals surface area (Å²) in [5.41, 5.74) is 5.58. The summed E-state index contributed by atoms with van der Waals surface area (Å²) in [5, 5.41) is 3.70. The van der Waals surface area contributed by atoms with Crippen LogP contribution in [0, 0.1) is 0 Å². The molecule has 0 saturated heterocycles. The Morgan fingerprint density at radius 2 is 0.935 bits per heavy atom. The van der Waals surface area contributed by atoms with E-state index >= 15 is 0 Å². The van der Waals surface area contributed by atoms with Crippen molar-refractivity contribution in [3.8, 4) is 0 Å². The number of benzene rings is 2. The van der Waals surface area contributed by atoms with Gasteiger partial charge in [-0.15, -0.1) is 0 Å². The third kappa shape index (κ3) is 5.09. The SMILES string of the molecule is CCCCN1CN(CCNCCN2CN(CCCC)c3ccccc32)c2ccccc21. The molecule has 0 fully saturated rings. The zero-order valence-electron chi connectivity index (χ0n) is 19.4. The Hall–Kier alpha value is -2.40. The summed E-state index contributed by atoms with van der Waals surface area (Å²) < 4.78 is 0. The highest BCUT2D eigenvalue weighted by molar-refractivity contribution is 5.77. The molecule has 0 aliphatic carbocycles. The summed E-state index contributed by atoms with van der Waals surface area (Å²) in [7, 11) is 0. The predicted molar refractivity (Wildman–Crippen MR) is 135 cm³/mol. The molecule has 31 heavy (non-hydrogen) atoms. The standard InChI is InChI=1S/C26H39N5/c1-3-5-17-28-21-30(25-13-9-7-11-23(25)28)19-15-27-16-20-31-22-29(18-6-4-2)24-12-8-10-14-26(24)31/h7-14,27H,3-6,15-22H2,1-2H3. The van der Waals surface area contributed by atoms with Crippen molar-refractivity contribution >= 4 is 22.7 Å². The number of nitrogens with one attached hydrogen (secondary N) is 1. The molecular formula is C26H39N5. The van der Waals surface area contributed by atoms with Crippen molar-refractivity contribution in [2.45, 2.75) is 39.5 Å². The molecule has 0 atom stereocenters. The van der Waals surface area contributed by atoms with Crippen LogP contribution >= 0.6 is 0 Å². The van der Waals surface area contributed by atoms with Crippen molar-refractivity contribution in [1.29, 1.82) is 0 Å². The van der Waals surface area contributed by atoms with E-state index in [1.165, 1.54) is 48.4 Å². The Morgan fingerprint density at radius 3 is 1.29 bits per heavy atom. The first-order valence-electron chi connectivity index (χ1n) is 12.2. The van der Waals surface area contributed by atoms with Gasteiger partial charge >= 0.3 is 0 Å². The lowest BCUT2D eigenvalue weighted by Gasteiger charge is -2.23. The zero-order valence-corrected chi connectivity index (χ0v) is 19.4. The lowest BCUT2D eigenvalue weighted by atomic mass is 10.2. The van der Waals surface area contributed by atoms with Crippen molar-refractivity contribution in [3.63, 3.8) is 0 Å². The van der Waals surface area contributed by atoms with Crippen molar-refractivity contribution in [3.05, 3.63) is 48.5 Å². The molecule has 0 saturated carbocycles. The Balaban J connectivity index is 1.24. The van der Waals surface area contributed by atoms with Crippen LogP contribution in [0.25, 0.3) is 0 Å². The fraction of sp³-hybridized carbons (Fsp3) is 0.538. The molecule has 0 aromatic heterocycles. The van der Waals surface area contributed by atoms with Gasteiger partial charge in [0.05, 0.1) is 36.1 Å². The van der Waals surface area contributed by atoms with Crippen molar-refractivity contribution in [1.82, 2.24) is 5.32 Å². The molecule has 5 nitrogen and oxygen atoms in total. The van der Waals surface area contributed by atoms with Crippen LogP contribution in [0.5, 0.6) is 0 Å². The van der Waals surface area contributed by atoms with Crippen LogP contribution in [-0.4, -0.2) is 52.6 Å². The van der Waals surface area contributed by atoms with E-state index in [2.05, 4.69) is 87.3 Å². The number of hydrogen-bond donors (Lipinski definition) is 1. The van der Waals surface area contributed by atoms with Crippen LogP contribution in [0.1, 0.15) is 39.5 Å². The second-order valence-electron chi connectivity index (χ2n) is 8.77. The molecule has 0 radical (unpaired) electrons. The van der Waals surface area contributed by atoms with Gasteiger partial charge in [0.1, 0.15) is 0 Å². The minimum absolute atomic E-state index is 1.02. The van der Waals surface area contributed by atoms with Crippen LogP contribution in [0.3, 0.4) is 0 Å². The zero-order chi connectivity index (χ0) is 21.5. The summed E-state index contributed by atoms with van der Waals surface area (Å²) >= 11 is 0. The summed E-state index contributed by atoms with van der Waals surface area (Å²) in [6.45, 7) is 13.0. The third-order valence-electron chi connectivity index (χ3n) is 6.49. The minimum atomic E-state index is 1.02.